The van der Waals surface area contributed by atoms with Gasteiger partial charge in [-0.3, -0.25) is 4.68 Å². The van der Waals surface area contributed by atoms with Crippen molar-refractivity contribution in [2.24, 2.45) is 0 Å². The molecule has 0 aliphatic heterocycles. The minimum absolute atomic E-state index is 0.341. The fourth-order valence-electron chi connectivity index (χ4n) is 2.00. The zero-order chi connectivity index (χ0) is 13.8. The third-order valence-electron chi connectivity index (χ3n) is 2.94. The number of methoxy groups -OCH3 is 1. The van der Waals surface area contributed by atoms with Gasteiger partial charge < -0.3 is 9.84 Å². The van der Waals surface area contributed by atoms with Gasteiger partial charge >= 0.3 is 0 Å². The lowest BCUT2D eigenvalue weighted by molar-refractivity contribution is 0.170. The van der Waals surface area contributed by atoms with Crippen molar-refractivity contribution in [1.29, 1.82) is 0 Å². The SMILES string of the molecule is CCn1ncnc1CC(O)c1c(Cl)cccc1OC. The molecule has 19 heavy (non-hydrogen) atoms. The van der Waals surface area contributed by atoms with E-state index < -0.39 is 6.10 Å². The number of benzene rings is 1. The van der Waals surface area contributed by atoms with Crippen molar-refractivity contribution in [3.05, 3.63) is 40.9 Å². The van der Waals surface area contributed by atoms with Gasteiger partial charge in [0.2, 0.25) is 0 Å². The van der Waals surface area contributed by atoms with Crippen LogP contribution >= 0.6 is 11.6 Å². The van der Waals surface area contributed by atoms with Crippen LogP contribution in [-0.2, 0) is 13.0 Å². The summed E-state index contributed by atoms with van der Waals surface area (Å²) in [6.07, 6.45) is 1.04. The Morgan fingerprint density at radius 3 is 2.95 bits per heavy atom. The smallest absolute Gasteiger partial charge is 0.138 e. The molecule has 1 aromatic heterocycles. The lowest BCUT2D eigenvalue weighted by atomic mass is 10.0. The molecule has 0 aliphatic rings. The van der Waals surface area contributed by atoms with Gasteiger partial charge in [0.1, 0.15) is 17.9 Å². The highest BCUT2D eigenvalue weighted by molar-refractivity contribution is 6.31. The van der Waals surface area contributed by atoms with Crippen LogP contribution in [0.2, 0.25) is 5.02 Å². The number of rotatable bonds is 5. The largest absolute Gasteiger partial charge is 0.496 e. The highest BCUT2D eigenvalue weighted by Gasteiger charge is 2.19. The summed E-state index contributed by atoms with van der Waals surface area (Å²) >= 11 is 6.13. The number of ether oxygens (including phenoxy) is 1. The van der Waals surface area contributed by atoms with Gasteiger partial charge in [-0.25, -0.2) is 4.98 Å². The number of aliphatic hydroxyl groups excluding tert-OH is 1. The van der Waals surface area contributed by atoms with Crippen molar-refractivity contribution in [1.82, 2.24) is 14.8 Å². The number of hydrogen-bond donors (Lipinski definition) is 1. The van der Waals surface area contributed by atoms with Crippen molar-refractivity contribution in [2.75, 3.05) is 7.11 Å². The maximum atomic E-state index is 10.4. The number of aryl methyl sites for hydroxylation is 1. The molecule has 0 bridgehead atoms. The summed E-state index contributed by atoms with van der Waals surface area (Å²) in [4.78, 5) is 4.15. The van der Waals surface area contributed by atoms with E-state index in [0.717, 1.165) is 5.82 Å². The van der Waals surface area contributed by atoms with Gasteiger partial charge in [0.25, 0.3) is 0 Å². The highest BCUT2D eigenvalue weighted by atomic mass is 35.5. The van der Waals surface area contributed by atoms with E-state index in [9.17, 15) is 5.11 Å². The maximum absolute atomic E-state index is 10.4. The Hall–Kier alpha value is -1.59. The van der Waals surface area contributed by atoms with E-state index in [1.54, 1.807) is 30.0 Å². The summed E-state index contributed by atoms with van der Waals surface area (Å²) in [6.45, 7) is 2.68. The fourth-order valence-corrected chi connectivity index (χ4v) is 2.30. The minimum atomic E-state index is -0.779. The van der Waals surface area contributed by atoms with E-state index in [0.29, 0.717) is 29.3 Å². The van der Waals surface area contributed by atoms with Crippen LogP contribution in [0, 0.1) is 0 Å². The Morgan fingerprint density at radius 2 is 2.26 bits per heavy atom. The van der Waals surface area contributed by atoms with Gasteiger partial charge in [0.05, 0.1) is 18.2 Å². The van der Waals surface area contributed by atoms with Gasteiger partial charge in [0, 0.05) is 18.5 Å². The number of hydrogen-bond acceptors (Lipinski definition) is 4. The monoisotopic (exact) mass is 281 g/mol. The van der Waals surface area contributed by atoms with Crippen molar-refractivity contribution >= 4 is 11.6 Å². The predicted octanol–water partition coefficient (Wildman–Crippen LogP) is 2.24. The summed E-state index contributed by atoms with van der Waals surface area (Å²) in [7, 11) is 1.55. The zero-order valence-corrected chi connectivity index (χ0v) is 11.6. The standard InChI is InChI=1S/C13H16ClN3O2/c1-3-17-12(15-8-16-17)7-10(18)13-9(14)5-4-6-11(13)19-2/h4-6,8,10,18H,3,7H2,1-2H3. The van der Waals surface area contributed by atoms with Gasteiger partial charge in [-0.05, 0) is 19.1 Å². The molecule has 0 saturated carbocycles. The minimum Gasteiger partial charge on any atom is -0.496 e. The number of halogens is 1. The average Bonchev–Trinajstić information content (AvgIpc) is 2.85. The summed E-state index contributed by atoms with van der Waals surface area (Å²) in [6, 6.07) is 5.29. The van der Waals surface area contributed by atoms with Crippen molar-refractivity contribution < 1.29 is 9.84 Å². The lowest BCUT2D eigenvalue weighted by Gasteiger charge is -2.16. The Balaban J connectivity index is 2.27. The molecular weight excluding hydrogens is 266 g/mol. The first-order chi connectivity index (χ1) is 9.17. The topological polar surface area (TPSA) is 60.2 Å². The molecule has 0 fully saturated rings. The van der Waals surface area contributed by atoms with Gasteiger partial charge in [-0.1, -0.05) is 17.7 Å². The molecule has 1 unspecified atom stereocenters. The number of aromatic nitrogens is 3. The van der Waals surface area contributed by atoms with E-state index in [1.807, 2.05) is 6.92 Å². The normalized spacial score (nSPS) is 12.4. The van der Waals surface area contributed by atoms with Gasteiger partial charge in [-0.15, -0.1) is 0 Å². The first kappa shape index (κ1) is 13.8. The molecule has 0 aliphatic carbocycles. The van der Waals surface area contributed by atoms with Crippen LogP contribution in [0.25, 0.3) is 0 Å². The second kappa shape index (κ2) is 6.04. The Labute approximate surface area is 116 Å². The average molecular weight is 282 g/mol. The van der Waals surface area contributed by atoms with Crippen LogP contribution in [0.15, 0.2) is 24.5 Å². The van der Waals surface area contributed by atoms with E-state index >= 15 is 0 Å². The van der Waals surface area contributed by atoms with E-state index in [2.05, 4.69) is 10.1 Å². The zero-order valence-electron chi connectivity index (χ0n) is 10.9. The second-order valence-electron chi connectivity index (χ2n) is 4.07. The van der Waals surface area contributed by atoms with Gasteiger partial charge in [-0.2, -0.15) is 5.10 Å². The van der Waals surface area contributed by atoms with Crippen LogP contribution < -0.4 is 4.74 Å². The Bertz CT molecular complexity index is 557. The van der Waals surface area contributed by atoms with Crippen LogP contribution in [0.5, 0.6) is 5.75 Å². The molecular formula is C13H16ClN3O2. The summed E-state index contributed by atoms with van der Waals surface area (Å²) in [5.74, 6) is 1.29. The molecule has 0 spiro atoms. The molecule has 2 rings (SSSR count). The molecule has 6 heteroatoms. The van der Waals surface area contributed by atoms with Crippen LogP contribution in [0.1, 0.15) is 24.4 Å². The first-order valence-electron chi connectivity index (χ1n) is 6.04. The van der Waals surface area contributed by atoms with Crippen molar-refractivity contribution in [3.63, 3.8) is 0 Å². The highest BCUT2D eigenvalue weighted by Crippen LogP contribution is 2.33. The molecule has 0 saturated heterocycles. The molecule has 102 valence electrons. The first-order valence-corrected chi connectivity index (χ1v) is 6.42. The molecule has 0 amide bonds. The second-order valence-corrected chi connectivity index (χ2v) is 4.47. The number of aliphatic hydroxyl groups is 1. The molecule has 1 heterocycles. The van der Waals surface area contributed by atoms with Crippen molar-refractivity contribution in [3.8, 4) is 5.75 Å². The van der Waals surface area contributed by atoms with Crippen molar-refractivity contribution in [2.45, 2.75) is 26.0 Å². The van der Waals surface area contributed by atoms with E-state index in [4.69, 9.17) is 16.3 Å². The summed E-state index contributed by atoms with van der Waals surface area (Å²) < 4.78 is 6.98. The predicted molar refractivity (Wildman–Crippen MR) is 72.4 cm³/mol. The fraction of sp³-hybridized carbons (Fsp3) is 0.385. The maximum Gasteiger partial charge on any atom is 0.138 e. The van der Waals surface area contributed by atoms with E-state index in [-0.39, 0.29) is 0 Å². The Morgan fingerprint density at radius 1 is 1.47 bits per heavy atom. The molecule has 1 aromatic carbocycles. The molecule has 5 nitrogen and oxygen atoms in total. The number of nitrogens with zero attached hydrogens (tertiary/aromatic N) is 3. The third-order valence-corrected chi connectivity index (χ3v) is 3.27. The summed E-state index contributed by atoms with van der Waals surface area (Å²) in [5.41, 5.74) is 0.581. The van der Waals surface area contributed by atoms with Gasteiger partial charge in [0.15, 0.2) is 0 Å². The molecule has 1 N–H and O–H groups in total. The quantitative estimate of drug-likeness (QED) is 0.913. The summed E-state index contributed by atoms with van der Waals surface area (Å²) in [5, 5.41) is 14.9. The Kier molecular flexibility index (Phi) is 4.39. The molecule has 2 aromatic rings. The van der Waals surface area contributed by atoms with Crippen LogP contribution in [0.4, 0.5) is 0 Å². The molecule has 1 atom stereocenters. The molecule has 0 radical (unpaired) electrons. The van der Waals surface area contributed by atoms with E-state index in [1.165, 1.54) is 6.33 Å². The third kappa shape index (κ3) is 2.88. The van der Waals surface area contributed by atoms with Crippen LogP contribution in [0.3, 0.4) is 0 Å². The lowest BCUT2D eigenvalue weighted by Crippen LogP contribution is -2.10. The van der Waals surface area contributed by atoms with Crippen LogP contribution in [-0.4, -0.2) is 27.0 Å².